The summed E-state index contributed by atoms with van der Waals surface area (Å²) < 4.78 is 2.33. The van der Waals surface area contributed by atoms with Crippen molar-refractivity contribution in [2.75, 3.05) is 31.8 Å². The maximum absolute atomic E-state index is 12.3. The molecule has 1 aromatic carbocycles. The second kappa shape index (κ2) is 9.26. The summed E-state index contributed by atoms with van der Waals surface area (Å²) in [5.74, 6) is 1.03. The van der Waals surface area contributed by atoms with Gasteiger partial charge in [0.15, 0.2) is 5.16 Å². The van der Waals surface area contributed by atoms with Gasteiger partial charge in [0, 0.05) is 44.4 Å². The zero-order valence-corrected chi connectivity index (χ0v) is 17.3. The highest BCUT2D eigenvalue weighted by Gasteiger charge is 2.23. The van der Waals surface area contributed by atoms with Crippen LogP contribution in [0, 0.1) is 0 Å². The summed E-state index contributed by atoms with van der Waals surface area (Å²) in [4.78, 5) is 14.3. The fourth-order valence-corrected chi connectivity index (χ4v) is 4.18. The van der Waals surface area contributed by atoms with E-state index >= 15 is 0 Å². The van der Waals surface area contributed by atoms with Crippen LogP contribution >= 0.6 is 11.8 Å². The number of amides is 1. The molecule has 0 aliphatic heterocycles. The lowest BCUT2D eigenvalue weighted by Crippen LogP contribution is -2.25. The van der Waals surface area contributed by atoms with Gasteiger partial charge in [0.2, 0.25) is 0 Å². The lowest BCUT2D eigenvalue weighted by molar-refractivity contribution is 0.0953. The summed E-state index contributed by atoms with van der Waals surface area (Å²) in [6.45, 7) is 0.639. The third kappa shape index (κ3) is 4.83. The van der Waals surface area contributed by atoms with Crippen LogP contribution in [0.1, 0.15) is 54.3 Å². The average molecular weight is 388 g/mol. The maximum atomic E-state index is 12.3. The monoisotopic (exact) mass is 387 g/mol. The van der Waals surface area contributed by atoms with Crippen molar-refractivity contribution in [3.8, 4) is 0 Å². The minimum Gasteiger partial charge on any atom is -0.378 e. The number of benzene rings is 1. The van der Waals surface area contributed by atoms with Crippen LogP contribution in [-0.2, 0) is 6.42 Å². The number of hydrogen-bond acceptors (Lipinski definition) is 5. The van der Waals surface area contributed by atoms with E-state index in [1.54, 1.807) is 11.8 Å². The molecule has 2 aromatic rings. The van der Waals surface area contributed by atoms with Crippen LogP contribution in [-0.4, -0.2) is 47.6 Å². The van der Waals surface area contributed by atoms with Crippen molar-refractivity contribution in [2.45, 2.75) is 49.7 Å². The Labute approximate surface area is 165 Å². The van der Waals surface area contributed by atoms with Crippen molar-refractivity contribution in [1.29, 1.82) is 0 Å². The van der Waals surface area contributed by atoms with Crippen LogP contribution < -0.4 is 10.2 Å². The number of carbonyl (C=O) groups excluding carboxylic acids is 1. The van der Waals surface area contributed by atoms with Gasteiger partial charge in [-0.3, -0.25) is 4.79 Å². The molecule has 0 radical (unpaired) electrons. The maximum Gasteiger partial charge on any atom is 0.251 e. The Hall–Kier alpha value is -2.02. The van der Waals surface area contributed by atoms with E-state index in [0.717, 1.165) is 29.5 Å². The average Bonchev–Trinajstić information content (AvgIpc) is 3.34. The number of aromatic nitrogens is 3. The summed E-state index contributed by atoms with van der Waals surface area (Å²) in [6.07, 6.45) is 8.78. The fourth-order valence-electron chi connectivity index (χ4n) is 3.61. The molecular formula is C20H29N5OS. The minimum absolute atomic E-state index is 0.0256. The lowest BCUT2D eigenvalue weighted by atomic mass is 10.2. The second-order valence-electron chi connectivity index (χ2n) is 7.21. The van der Waals surface area contributed by atoms with Gasteiger partial charge < -0.3 is 14.8 Å². The Balaban J connectivity index is 1.51. The summed E-state index contributed by atoms with van der Waals surface area (Å²) in [5, 5.41) is 12.8. The largest absolute Gasteiger partial charge is 0.378 e. The van der Waals surface area contributed by atoms with Crippen LogP contribution in [0.4, 0.5) is 5.69 Å². The van der Waals surface area contributed by atoms with E-state index in [-0.39, 0.29) is 5.91 Å². The van der Waals surface area contributed by atoms with Crippen molar-refractivity contribution in [1.82, 2.24) is 20.1 Å². The van der Waals surface area contributed by atoms with Gasteiger partial charge in [-0.15, -0.1) is 10.2 Å². The zero-order chi connectivity index (χ0) is 19.2. The molecule has 6 nitrogen and oxygen atoms in total. The number of anilines is 1. The first-order valence-corrected chi connectivity index (χ1v) is 10.9. The SMILES string of the molecule is CSc1nnc(CCCNC(=O)c2ccc(N(C)C)cc2)n1C1CCCC1. The number of thioether (sulfide) groups is 1. The Morgan fingerprint density at radius 3 is 2.56 bits per heavy atom. The minimum atomic E-state index is -0.0256. The van der Waals surface area contributed by atoms with Crippen molar-refractivity contribution in [2.24, 2.45) is 0 Å². The molecule has 1 fully saturated rings. The topological polar surface area (TPSA) is 63.1 Å². The van der Waals surface area contributed by atoms with Crippen LogP contribution in [0.25, 0.3) is 0 Å². The lowest BCUT2D eigenvalue weighted by Gasteiger charge is -2.16. The quantitative estimate of drug-likeness (QED) is 0.554. The van der Waals surface area contributed by atoms with E-state index in [4.69, 9.17) is 0 Å². The van der Waals surface area contributed by atoms with Crippen LogP contribution in [0.2, 0.25) is 0 Å². The molecule has 3 rings (SSSR count). The molecule has 7 heteroatoms. The van der Waals surface area contributed by atoms with E-state index in [1.165, 1.54) is 25.7 Å². The van der Waals surface area contributed by atoms with E-state index in [2.05, 4.69) is 26.3 Å². The first-order chi connectivity index (χ1) is 13.1. The van der Waals surface area contributed by atoms with Crippen molar-refractivity contribution in [3.63, 3.8) is 0 Å². The molecule has 1 aliphatic carbocycles. The summed E-state index contributed by atoms with van der Waals surface area (Å²) in [7, 11) is 3.98. The fraction of sp³-hybridized carbons (Fsp3) is 0.550. The summed E-state index contributed by atoms with van der Waals surface area (Å²) in [5.41, 5.74) is 1.78. The number of nitrogens with zero attached hydrogens (tertiary/aromatic N) is 4. The first-order valence-electron chi connectivity index (χ1n) is 9.63. The predicted octanol–water partition coefficient (Wildman–Crippen LogP) is 3.54. The van der Waals surface area contributed by atoms with Crippen molar-refractivity contribution >= 4 is 23.4 Å². The number of aryl methyl sites for hydroxylation is 1. The molecular weight excluding hydrogens is 358 g/mol. The van der Waals surface area contributed by atoms with Crippen LogP contribution in [0.3, 0.4) is 0 Å². The van der Waals surface area contributed by atoms with E-state index in [9.17, 15) is 4.79 Å². The molecule has 0 unspecified atom stereocenters. The standard InChI is InChI=1S/C20H29N5OS/c1-24(2)16-12-10-15(11-13-16)19(26)21-14-6-9-18-22-23-20(27-3)25(18)17-7-4-5-8-17/h10-13,17H,4-9,14H2,1-3H3,(H,21,26). The number of rotatable bonds is 8. The first kappa shape index (κ1) is 19.7. The highest BCUT2D eigenvalue weighted by atomic mass is 32.2. The molecule has 1 heterocycles. The summed E-state index contributed by atoms with van der Waals surface area (Å²) in [6, 6.07) is 8.20. The van der Waals surface area contributed by atoms with Crippen LogP contribution in [0.5, 0.6) is 0 Å². The van der Waals surface area contributed by atoms with E-state index in [1.807, 2.05) is 43.3 Å². The number of nitrogens with one attached hydrogen (secondary N) is 1. The molecule has 0 spiro atoms. The Kier molecular flexibility index (Phi) is 6.77. The third-order valence-corrected chi connectivity index (χ3v) is 5.76. The van der Waals surface area contributed by atoms with Gasteiger partial charge in [0.1, 0.15) is 5.82 Å². The normalized spacial score (nSPS) is 14.5. The highest BCUT2D eigenvalue weighted by molar-refractivity contribution is 7.98. The molecule has 1 amide bonds. The van der Waals surface area contributed by atoms with Gasteiger partial charge in [0.25, 0.3) is 5.91 Å². The third-order valence-electron chi connectivity index (χ3n) is 5.12. The van der Waals surface area contributed by atoms with Crippen LogP contribution in [0.15, 0.2) is 29.4 Å². The molecule has 1 aliphatic rings. The van der Waals surface area contributed by atoms with Gasteiger partial charge in [-0.2, -0.15) is 0 Å². The smallest absolute Gasteiger partial charge is 0.251 e. The Morgan fingerprint density at radius 2 is 1.93 bits per heavy atom. The number of hydrogen-bond donors (Lipinski definition) is 1. The van der Waals surface area contributed by atoms with Gasteiger partial charge >= 0.3 is 0 Å². The summed E-state index contributed by atoms with van der Waals surface area (Å²) >= 11 is 1.66. The Morgan fingerprint density at radius 1 is 1.22 bits per heavy atom. The molecule has 27 heavy (non-hydrogen) atoms. The molecule has 146 valence electrons. The molecule has 0 bridgehead atoms. The van der Waals surface area contributed by atoms with Crippen molar-refractivity contribution < 1.29 is 4.79 Å². The molecule has 1 N–H and O–H groups in total. The zero-order valence-electron chi connectivity index (χ0n) is 16.4. The molecule has 1 saturated carbocycles. The van der Waals surface area contributed by atoms with Gasteiger partial charge in [-0.25, -0.2) is 0 Å². The van der Waals surface area contributed by atoms with E-state index < -0.39 is 0 Å². The van der Waals surface area contributed by atoms with Gasteiger partial charge in [-0.1, -0.05) is 24.6 Å². The number of carbonyl (C=O) groups is 1. The van der Waals surface area contributed by atoms with Crippen molar-refractivity contribution in [3.05, 3.63) is 35.7 Å². The predicted molar refractivity (Wildman–Crippen MR) is 111 cm³/mol. The van der Waals surface area contributed by atoms with Gasteiger partial charge in [-0.05, 0) is 49.8 Å². The van der Waals surface area contributed by atoms with E-state index in [0.29, 0.717) is 18.2 Å². The second-order valence-corrected chi connectivity index (χ2v) is 7.99. The highest BCUT2D eigenvalue weighted by Crippen LogP contribution is 2.33. The molecule has 0 saturated heterocycles. The molecule has 1 aromatic heterocycles. The molecule has 0 atom stereocenters. The van der Waals surface area contributed by atoms with Gasteiger partial charge in [0.05, 0.1) is 0 Å². The Bertz CT molecular complexity index is 750.